The molecule has 8 heteroatoms. The zero-order chi connectivity index (χ0) is 18.2. The molecule has 0 aliphatic carbocycles. The summed E-state index contributed by atoms with van der Waals surface area (Å²) in [7, 11) is -4.31. The zero-order valence-electron chi connectivity index (χ0n) is 14.6. The molecule has 3 aromatic rings. The van der Waals surface area contributed by atoms with E-state index in [4.69, 9.17) is 4.55 Å². The van der Waals surface area contributed by atoms with E-state index in [0.29, 0.717) is 16.5 Å². The van der Waals surface area contributed by atoms with Crippen molar-refractivity contribution in [3.8, 4) is 5.75 Å². The normalized spacial score (nSPS) is 11.7. The Morgan fingerprint density at radius 3 is 2.19 bits per heavy atom. The predicted octanol–water partition coefficient (Wildman–Crippen LogP) is 1.20. The molecule has 0 aromatic heterocycles. The smallest absolute Gasteiger partial charge is 0.871 e. The Morgan fingerprint density at radius 2 is 1.58 bits per heavy atom. The number of hydrogen-bond donors (Lipinski definition) is 1. The van der Waals surface area contributed by atoms with Crippen LogP contribution in [0.15, 0.2) is 63.7 Å². The molecule has 0 bridgehead atoms. The molecular formula is C18H15N2NaO4S. The van der Waals surface area contributed by atoms with Crippen LogP contribution in [0, 0.1) is 13.8 Å². The van der Waals surface area contributed by atoms with Crippen molar-refractivity contribution >= 4 is 32.3 Å². The fourth-order valence-corrected chi connectivity index (χ4v) is 3.17. The van der Waals surface area contributed by atoms with E-state index in [1.165, 1.54) is 30.3 Å². The molecule has 0 saturated carbocycles. The number of nitrogens with zero attached hydrogens (tertiary/aromatic N) is 2. The summed E-state index contributed by atoms with van der Waals surface area (Å²) >= 11 is 0. The number of rotatable bonds is 3. The zero-order valence-corrected chi connectivity index (χ0v) is 17.4. The summed E-state index contributed by atoms with van der Waals surface area (Å²) in [6.07, 6.45) is 0. The standard InChI is InChI=1S/C18H16N2O4S.Na/c1-11-7-12(2)9-14(8-11)19-20-18-16-5-4-15(25(22,23)24)10-13(16)3-6-17(18)21;/h3-10,21H,1-2H3,(H,22,23,24);/q;+1/p-1. The van der Waals surface area contributed by atoms with E-state index in [1.54, 1.807) is 0 Å². The second kappa shape index (κ2) is 7.85. The van der Waals surface area contributed by atoms with Gasteiger partial charge in [0.2, 0.25) is 0 Å². The monoisotopic (exact) mass is 378 g/mol. The molecular weight excluding hydrogens is 363 g/mol. The van der Waals surface area contributed by atoms with Crippen molar-refractivity contribution in [3.63, 3.8) is 0 Å². The van der Waals surface area contributed by atoms with Crippen LogP contribution < -0.4 is 34.7 Å². The van der Waals surface area contributed by atoms with Gasteiger partial charge in [0.1, 0.15) is 0 Å². The minimum Gasteiger partial charge on any atom is -0.871 e. The van der Waals surface area contributed by atoms with Crippen LogP contribution in [0.4, 0.5) is 11.4 Å². The Bertz CT molecular complexity index is 1090. The summed E-state index contributed by atoms with van der Waals surface area (Å²) in [5.41, 5.74) is 2.82. The Balaban J connectivity index is 0.00000243. The largest absolute Gasteiger partial charge is 1.00 e. The first kappa shape index (κ1) is 20.5. The SMILES string of the molecule is Cc1cc(C)cc(N=Nc2c([O-])ccc3cc(S(=O)(=O)O)ccc23)c1.[Na+]. The molecule has 0 spiro atoms. The number of fused-ring (bicyclic) bond motifs is 1. The summed E-state index contributed by atoms with van der Waals surface area (Å²) < 4.78 is 31.7. The van der Waals surface area contributed by atoms with Gasteiger partial charge >= 0.3 is 29.6 Å². The van der Waals surface area contributed by atoms with Crippen LogP contribution >= 0.6 is 0 Å². The molecule has 1 N–H and O–H groups in total. The van der Waals surface area contributed by atoms with E-state index in [2.05, 4.69) is 10.2 Å². The minimum atomic E-state index is -4.31. The minimum absolute atomic E-state index is 0. The van der Waals surface area contributed by atoms with Gasteiger partial charge < -0.3 is 5.11 Å². The van der Waals surface area contributed by atoms with Crippen molar-refractivity contribution in [2.75, 3.05) is 0 Å². The quantitative estimate of drug-likeness (QED) is 0.420. The Morgan fingerprint density at radius 1 is 0.923 bits per heavy atom. The van der Waals surface area contributed by atoms with E-state index < -0.39 is 10.1 Å². The van der Waals surface area contributed by atoms with Crippen molar-refractivity contribution in [3.05, 3.63) is 59.7 Å². The molecule has 3 aromatic carbocycles. The molecule has 0 aliphatic heterocycles. The Kier molecular flexibility index (Phi) is 6.21. The third-order valence-corrected chi connectivity index (χ3v) is 4.55. The first-order valence-electron chi connectivity index (χ1n) is 7.45. The molecule has 0 fully saturated rings. The molecule has 0 unspecified atom stereocenters. The molecule has 0 radical (unpaired) electrons. The van der Waals surface area contributed by atoms with Gasteiger partial charge in [-0.05, 0) is 54.6 Å². The van der Waals surface area contributed by atoms with Crippen LogP contribution in [0.3, 0.4) is 0 Å². The fraction of sp³-hybridized carbons (Fsp3) is 0.111. The van der Waals surface area contributed by atoms with E-state index >= 15 is 0 Å². The van der Waals surface area contributed by atoms with Gasteiger partial charge in [0, 0.05) is 5.39 Å². The summed E-state index contributed by atoms with van der Waals surface area (Å²) in [6, 6.07) is 12.5. The van der Waals surface area contributed by atoms with Gasteiger partial charge in [0.25, 0.3) is 10.1 Å². The molecule has 0 amide bonds. The third-order valence-electron chi connectivity index (χ3n) is 3.70. The van der Waals surface area contributed by atoms with Crippen molar-refractivity contribution < 1.29 is 47.6 Å². The van der Waals surface area contributed by atoms with Gasteiger partial charge in [-0.2, -0.15) is 18.6 Å². The van der Waals surface area contributed by atoms with E-state index in [0.717, 1.165) is 11.1 Å². The summed E-state index contributed by atoms with van der Waals surface area (Å²) in [4.78, 5) is -0.240. The molecule has 6 nitrogen and oxygen atoms in total. The first-order valence-corrected chi connectivity index (χ1v) is 8.89. The van der Waals surface area contributed by atoms with Crippen LogP contribution in [0.5, 0.6) is 5.75 Å². The summed E-state index contributed by atoms with van der Waals surface area (Å²) in [5, 5.41) is 21.3. The summed E-state index contributed by atoms with van der Waals surface area (Å²) in [6.45, 7) is 3.89. The van der Waals surface area contributed by atoms with Gasteiger partial charge in [-0.1, -0.05) is 30.0 Å². The van der Waals surface area contributed by atoms with E-state index in [-0.39, 0.29) is 45.9 Å². The van der Waals surface area contributed by atoms with Crippen LogP contribution in [-0.2, 0) is 10.1 Å². The second-order valence-corrected chi connectivity index (χ2v) is 7.24. The molecule has 26 heavy (non-hydrogen) atoms. The Labute approximate surface area is 173 Å². The van der Waals surface area contributed by atoms with Gasteiger partial charge in [-0.3, -0.25) is 4.55 Å². The maximum atomic E-state index is 12.1. The molecule has 128 valence electrons. The fourth-order valence-electron chi connectivity index (χ4n) is 2.65. The average molecular weight is 378 g/mol. The molecule has 0 atom stereocenters. The number of azo groups is 1. The van der Waals surface area contributed by atoms with Gasteiger partial charge in [0.15, 0.2) is 0 Å². The van der Waals surface area contributed by atoms with Crippen LogP contribution in [0.2, 0.25) is 0 Å². The number of benzene rings is 3. The topological polar surface area (TPSA) is 102 Å². The Hall–Kier alpha value is -1.77. The average Bonchev–Trinajstić information content (AvgIpc) is 2.51. The maximum Gasteiger partial charge on any atom is 1.00 e. The molecule has 0 aliphatic rings. The van der Waals surface area contributed by atoms with Crippen molar-refractivity contribution in [1.29, 1.82) is 0 Å². The number of hydrogen-bond acceptors (Lipinski definition) is 5. The second-order valence-electron chi connectivity index (χ2n) is 5.82. The predicted molar refractivity (Wildman–Crippen MR) is 93.3 cm³/mol. The van der Waals surface area contributed by atoms with Crippen molar-refractivity contribution in [2.45, 2.75) is 18.7 Å². The van der Waals surface area contributed by atoms with Crippen molar-refractivity contribution in [1.82, 2.24) is 0 Å². The van der Waals surface area contributed by atoms with Crippen molar-refractivity contribution in [2.24, 2.45) is 10.2 Å². The molecule has 0 heterocycles. The van der Waals surface area contributed by atoms with Gasteiger partial charge in [0.05, 0.1) is 16.3 Å². The summed E-state index contributed by atoms with van der Waals surface area (Å²) in [5.74, 6) is -0.319. The van der Waals surface area contributed by atoms with Crippen LogP contribution in [0.1, 0.15) is 11.1 Å². The van der Waals surface area contributed by atoms with Gasteiger partial charge in [-0.15, -0.1) is 0 Å². The maximum absolute atomic E-state index is 12.1. The molecule has 3 rings (SSSR count). The first-order chi connectivity index (χ1) is 11.7. The van der Waals surface area contributed by atoms with Crippen LogP contribution in [-0.4, -0.2) is 13.0 Å². The molecule has 0 saturated heterocycles. The van der Waals surface area contributed by atoms with Crippen LogP contribution in [0.25, 0.3) is 10.8 Å². The van der Waals surface area contributed by atoms with Gasteiger partial charge in [-0.25, -0.2) is 0 Å². The number of aryl methyl sites for hydroxylation is 2. The third kappa shape index (κ3) is 4.49. The van der Waals surface area contributed by atoms with E-state index in [1.807, 2.05) is 32.0 Å². The van der Waals surface area contributed by atoms with E-state index in [9.17, 15) is 13.5 Å².